The number of rotatable bonds is 3. The highest BCUT2D eigenvalue weighted by Gasteiger charge is 2.26. The van der Waals surface area contributed by atoms with Crippen LogP contribution in [0.3, 0.4) is 0 Å². The molecule has 0 bridgehead atoms. The molecule has 0 saturated carbocycles. The standard InChI is InChI=1S/C17H14BrFO2/c18-14-6-5-11(15(19)9-14)8-16(20)13-7-12-3-1-2-4-17(12)21-10-13/h1-6,9,13H,7-8,10H2. The number of carbonyl (C=O) groups excluding carboxylic acids is 1. The second-order valence-electron chi connectivity index (χ2n) is 5.20. The first-order valence-corrected chi connectivity index (χ1v) is 7.60. The van der Waals surface area contributed by atoms with Crippen molar-refractivity contribution in [1.82, 2.24) is 0 Å². The number of fused-ring (bicyclic) bond motifs is 1. The number of hydrogen-bond donors (Lipinski definition) is 0. The molecule has 2 nitrogen and oxygen atoms in total. The van der Waals surface area contributed by atoms with Crippen LogP contribution in [-0.4, -0.2) is 12.4 Å². The Morgan fingerprint density at radius 1 is 1.29 bits per heavy atom. The van der Waals surface area contributed by atoms with Gasteiger partial charge >= 0.3 is 0 Å². The minimum Gasteiger partial charge on any atom is -0.493 e. The average molecular weight is 349 g/mol. The van der Waals surface area contributed by atoms with Crippen LogP contribution in [0.1, 0.15) is 11.1 Å². The molecule has 0 saturated heterocycles. The maximum Gasteiger partial charge on any atom is 0.144 e. The molecule has 0 amide bonds. The minimum absolute atomic E-state index is 0.0192. The van der Waals surface area contributed by atoms with Crippen LogP contribution < -0.4 is 4.74 Å². The van der Waals surface area contributed by atoms with Crippen molar-refractivity contribution in [3.05, 3.63) is 63.9 Å². The van der Waals surface area contributed by atoms with Gasteiger partial charge in [0.15, 0.2) is 0 Å². The summed E-state index contributed by atoms with van der Waals surface area (Å²) in [7, 11) is 0. The molecule has 2 aromatic carbocycles. The van der Waals surface area contributed by atoms with E-state index in [1.54, 1.807) is 12.1 Å². The molecule has 108 valence electrons. The summed E-state index contributed by atoms with van der Waals surface area (Å²) in [4.78, 5) is 12.4. The first-order chi connectivity index (χ1) is 10.1. The Morgan fingerprint density at radius 2 is 2.10 bits per heavy atom. The molecule has 4 heteroatoms. The van der Waals surface area contributed by atoms with Crippen LogP contribution in [0.5, 0.6) is 5.75 Å². The van der Waals surface area contributed by atoms with Gasteiger partial charge in [-0.15, -0.1) is 0 Å². The molecule has 1 aliphatic heterocycles. The quantitative estimate of drug-likeness (QED) is 0.839. The highest BCUT2D eigenvalue weighted by molar-refractivity contribution is 9.10. The summed E-state index contributed by atoms with van der Waals surface area (Å²) in [5, 5.41) is 0. The number of Topliss-reactive ketones (excluding diaryl/α,β-unsaturated/α-hetero) is 1. The lowest BCUT2D eigenvalue weighted by Gasteiger charge is -2.24. The first kappa shape index (κ1) is 14.3. The molecule has 1 atom stereocenters. The molecule has 0 spiro atoms. The smallest absolute Gasteiger partial charge is 0.144 e. The van der Waals surface area contributed by atoms with Crippen molar-refractivity contribution in [2.24, 2.45) is 5.92 Å². The average Bonchev–Trinajstić information content (AvgIpc) is 2.49. The molecule has 0 aromatic heterocycles. The summed E-state index contributed by atoms with van der Waals surface area (Å²) >= 11 is 3.21. The highest BCUT2D eigenvalue weighted by Crippen LogP contribution is 2.28. The summed E-state index contributed by atoms with van der Waals surface area (Å²) in [6, 6.07) is 12.5. The van der Waals surface area contributed by atoms with Crippen LogP contribution in [-0.2, 0) is 17.6 Å². The minimum atomic E-state index is -0.352. The van der Waals surface area contributed by atoms with Gasteiger partial charge in [-0.3, -0.25) is 4.79 Å². The summed E-state index contributed by atoms with van der Waals surface area (Å²) in [5.41, 5.74) is 1.47. The van der Waals surface area contributed by atoms with Crippen molar-refractivity contribution in [3.63, 3.8) is 0 Å². The number of hydrogen-bond acceptors (Lipinski definition) is 2. The Bertz CT molecular complexity index is 684. The molecule has 3 rings (SSSR count). The Hall–Kier alpha value is -1.68. The lowest BCUT2D eigenvalue weighted by molar-refractivity contribution is -0.123. The normalized spacial score (nSPS) is 17.0. The number of halogens is 2. The molecule has 1 unspecified atom stereocenters. The fourth-order valence-electron chi connectivity index (χ4n) is 2.53. The molecule has 0 radical (unpaired) electrons. The number of ether oxygens (including phenoxy) is 1. The fraction of sp³-hybridized carbons (Fsp3) is 0.235. The molecular formula is C17H14BrFO2. The molecule has 0 aliphatic carbocycles. The van der Waals surface area contributed by atoms with Crippen LogP contribution in [0.4, 0.5) is 4.39 Å². The van der Waals surface area contributed by atoms with Crippen molar-refractivity contribution in [2.45, 2.75) is 12.8 Å². The van der Waals surface area contributed by atoms with E-state index in [0.717, 1.165) is 11.3 Å². The van der Waals surface area contributed by atoms with E-state index in [4.69, 9.17) is 4.74 Å². The molecule has 1 heterocycles. The fourth-order valence-corrected chi connectivity index (χ4v) is 2.87. The maximum atomic E-state index is 13.8. The molecule has 2 aromatic rings. The van der Waals surface area contributed by atoms with Crippen LogP contribution in [0.15, 0.2) is 46.9 Å². The van der Waals surface area contributed by atoms with Gasteiger partial charge < -0.3 is 4.74 Å². The second-order valence-corrected chi connectivity index (χ2v) is 6.11. The van der Waals surface area contributed by atoms with Gasteiger partial charge in [0.2, 0.25) is 0 Å². The van der Waals surface area contributed by atoms with Gasteiger partial charge in [-0.25, -0.2) is 4.39 Å². The lowest BCUT2D eigenvalue weighted by atomic mass is 9.90. The van der Waals surface area contributed by atoms with E-state index < -0.39 is 0 Å². The van der Waals surface area contributed by atoms with Gasteiger partial charge in [0, 0.05) is 10.9 Å². The highest BCUT2D eigenvalue weighted by atomic mass is 79.9. The third-order valence-corrected chi connectivity index (χ3v) is 4.21. The van der Waals surface area contributed by atoms with Crippen LogP contribution in [0, 0.1) is 11.7 Å². The third-order valence-electron chi connectivity index (χ3n) is 3.71. The van der Waals surface area contributed by atoms with Gasteiger partial charge in [-0.2, -0.15) is 0 Å². The van der Waals surface area contributed by atoms with E-state index in [0.29, 0.717) is 23.1 Å². The third kappa shape index (κ3) is 3.16. The zero-order valence-corrected chi connectivity index (χ0v) is 12.9. The zero-order valence-electron chi connectivity index (χ0n) is 11.3. The number of ketones is 1. The summed E-state index contributed by atoms with van der Waals surface area (Å²) in [6.07, 6.45) is 0.766. The van der Waals surface area contributed by atoms with E-state index in [2.05, 4.69) is 15.9 Å². The van der Waals surface area contributed by atoms with E-state index in [1.165, 1.54) is 6.07 Å². The Kier molecular flexibility index (Phi) is 4.06. The van der Waals surface area contributed by atoms with Crippen molar-refractivity contribution in [1.29, 1.82) is 0 Å². The number of benzene rings is 2. The lowest BCUT2D eigenvalue weighted by Crippen LogP contribution is -2.29. The zero-order chi connectivity index (χ0) is 14.8. The van der Waals surface area contributed by atoms with E-state index in [-0.39, 0.29) is 23.9 Å². The first-order valence-electron chi connectivity index (χ1n) is 6.81. The number of carbonyl (C=O) groups is 1. The molecular weight excluding hydrogens is 335 g/mol. The molecule has 21 heavy (non-hydrogen) atoms. The summed E-state index contributed by atoms with van der Waals surface area (Å²) in [6.45, 7) is 0.369. The summed E-state index contributed by atoms with van der Waals surface area (Å²) in [5.74, 6) is 0.305. The molecule has 0 fully saturated rings. The molecule has 0 N–H and O–H groups in total. The van der Waals surface area contributed by atoms with Crippen LogP contribution in [0.2, 0.25) is 0 Å². The van der Waals surface area contributed by atoms with Crippen molar-refractivity contribution < 1.29 is 13.9 Å². The predicted molar refractivity (Wildman–Crippen MR) is 81.9 cm³/mol. The van der Waals surface area contributed by atoms with Crippen molar-refractivity contribution in [2.75, 3.05) is 6.61 Å². The van der Waals surface area contributed by atoms with E-state index in [9.17, 15) is 9.18 Å². The van der Waals surface area contributed by atoms with Crippen LogP contribution >= 0.6 is 15.9 Å². The topological polar surface area (TPSA) is 26.3 Å². The molecule has 1 aliphatic rings. The van der Waals surface area contributed by atoms with E-state index in [1.807, 2.05) is 24.3 Å². The van der Waals surface area contributed by atoms with Gasteiger partial charge in [-0.05, 0) is 35.7 Å². The second kappa shape index (κ2) is 5.98. The summed E-state index contributed by atoms with van der Waals surface area (Å²) < 4.78 is 20.1. The Balaban J connectivity index is 1.72. The van der Waals surface area contributed by atoms with Gasteiger partial charge in [0.1, 0.15) is 17.3 Å². The predicted octanol–water partition coefficient (Wildman–Crippen LogP) is 3.95. The van der Waals surface area contributed by atoms with Crippen LogP contribution in [0.25, 0.3) is 0 Å². The SMILES string of the molecule is O=C(Cc1ccc(Br)cc1F)C1COc2ccccc2C1. The van der Waals surface area contributed by atoms with Gasteiger partial charge in [0.25, 0.3) is 0 Å². The number of para-hydroxylation sites is 1. The Morgan fingerprint density at radius 3 is 2.90 bits per heavy atom. The van der Waals surface area contributed by atoms with Gasteiger partial charge in [-0.1, -0.05) is 40.2 Å². The van der Waals surface area contributed by atoms with Gasteiger partial charge in [0.05, 0.1) is 12.5 Å². The monoisotopic (exact) mass is 348 g/mol. The van der Waals surface area contributed by atoms with Crippen molar-refractivity contribution in [3.8, 4) is 5.75 Å². The Labute approximate surface area is 131 Å². The maximum absolute atomic E-state index is 13.8. The largest absolute Gasteiger partial charge is 0.493 e. The van der Waals surface area contributed by atoms with E-state index >= 15 is 0 Å². The van der Waals surface area contributed by atoms with Crippen molar-refractivity contribution >= 4 is 21.7 Å².